The normalized spacial score (nSPS) is 12.6. The van der Waals surface area contributed by atoms with E-state index in [2.05, 4.69) is 27.4 Å². The lowest BCUT2D eigenvalue weighted by atomic mass is 10.2. The first-order valence-electron chi connectivity index (χ1n) is 7.12. The number of rotatable bonds is 6. The third-order valence-electron chi connectivity index (χ3n) is 3.12. The zero-order chi connectivity index (χ0) is 15.4. The maximum Gasteiger partial charge on any atom is 0.256 e. The number of amides is 1. The van der Waals surface area contributed by atoms with Gasteiger partial charge in [-0.1, -0.05) is 25.1 Å². The van der Waals surface area contributed by atoms with Gasteiger partial charge in [0, 0.05) is 17.4 Å². The van der Waals surface area contributed by atoms with Crippen LogP contribution in [0.4, 0.5) is 0 Å². The molecule has 0 aliphatic carbocycles. The Morgan fingerprint density at radius 3 is 2.90 bits per heavy atom. The lowest BCUT2D eigenvalue weighted by Gasteiger charge is -2.12. The van der Waals surface area contributed by atoms with Gasteiger partial charge in [-0.25, -0.2) is 4.98 Å². The largest absolute Gasteiger partial charge is 0.353 e. The third-order valence-corrected chi connectivity index (χ3v) is 4.05. The van der Waals surface area contributed by atoms with Crippen LogP contribution in [-0.2, 0) is 4.79 Å². The fraction of sp³-hybridized carbons (Fsp3) is 0.571. The van der Waals surface area contributed by atoms with Crippen LogP contribution in [0, 0.1) is 13.8 Å². The Bertz CT molecular complexity index is 640. The minimum absolute atomic E-state index is 0.0235. The van der Waals surface area contributed by atoms with Crippen molar-refractivity contribution in [2.75, 3.05) is 5.75 Å². The molecule has 0 bridgehead atoms. The van der Waals surface area contributed by atoms with E-state index in [-0.39, 0.29) is 11.9 Å². The number of hydrogen-bond donors (Lipinski definition) is 1. The first-order valence-corrected chi connectivity index (χ1v) is 8.11. The molecule has 7 heteroatoms. The van der Waals surface area contributed by atoms with Gasteiger partial charge in [-0.05, 0) is 33.3 Å². The van der Waals surface area contributed by atoms with Crippen molar-refractivity contribution >= 4 is 23.4 Å². The highest BCUT2D eigenvalue weighted by molar-refractivity contribution is 7.99. The van der Waals surface area contributed by atoms with E-state index in [0.717, 1.165) is 24.2 Å². The molecule has 21 heavy (non-hydrogen) atoms. The fourth-order valence-electron chi connectivity index (χ4n) is 2.25. The molecule has 1 atom stereocenters. The molecule has 0 aliphatic rings. The standard InChI is InChI=1S/C14H21N5OS/c1-5-6-9(2)15-12(20)8-21-14-18-17-13-16-10(3)7-11(4)19(13)14/h7,9H,5-6,8H2,1-4H3,(H,15,20). The highest BCUT2D eigenvalue weighted by Crippen LogP contribution is 2.18. The summed E-state index contributed by atoms with van der Waals surface area (Å²) in [7, 11) is 0. The van der Waals surface area contributed by atoms with Crippen LogP contribution >= 0.6 is 11.8 Å². The molecule has 6 nitrogen and oxygen atoms in total. The summed E-state index contributed by atoms with van der Waals surface area (Å²) in [6.45, 7) is 8.04. The number of aryl methyl sites for hydroxylation is 2. The van der Waals surface area contributed by atoms with E-state index >= 15 is 0 Å². The van der Waals surface area contributed by atoms with Crippen molar-refractivity contribution in [3.63, 3.8) is 0 Å². The average molecular weight is 307 g/mol. The minimum Gasteiger partial charge on any atom is -0.353 e. The van der Waals surface area contributed by atoms with E-state index in [1.54, 1.807) is 0 Å². The molecule has 1 N–H and O–H groups in total. The van der Waals surface area contributed by atoms with Gasteiger partial charge in [-0.3, -0.25) is 9.20 Å². The van der Waals surface area contributed by atoms with E-state index in [4.69, 9.17) is 0 Å². The van der Waals surface area contributed by atoms with Crippen molar-refractivity contribution in [3.8, 4) is 0 Å². The molecule has 0 radical (unpaired) electrons. The van der Waals surface area contributed by atoms with Crippen LogP contribution in [0.15, 0.2) is 11.2 Å². The summed E-state index contributed by atoms with van der Waals surface area (Å²) in [5.74, 6) is 0.938. The number of nitrogens with zero attached hydrogens (tertiary/aromatic N) is 4. The lowest BCUT2D eigenvalue weighted by Crippen LogP contribution is -2.33. The van der Waals surface area contributed by atoms with E-state index in [9.17, 15) is 4.79 Å². The van der Waals surface area contributed by atoms with Crippen LogP contribution in [0.1, 0.15) is 38.1 Å². The third kappa shape index (κ3) is 3.93. The van der Waals surface area contributed by atoms with Crippen LogP contribution in [0.25, 0.3) is 5.78 Å². The Morgan fingerprint density at radius 2 is 2.19 bits per heavy atom. The summed E-state index contributed by atoms with van der Waals surface area (Å²) < 4.78 is 1.88. The van der Waals surface area contributed by atoms with E-state index < -0.39 is 0 Å². The summed E-state index contributed by atoms with van der Waals surface area (Å²) >= 11 is 1.38. The van der Waals surface area contributed by atoms with Gasteiger partial charge < -0.3 is 5.32 Å². The van der Waals surface area contributed by atoms with Gasteiger partial charge in [0.2, 0.25) is 5.91 Å². The maximum atomic E-state index is 11.9. The number of carbonyl (C=O) groups is 1. The van der Waals surface area contributed by atoms with Crippen LogP contribution in [0.5, 0.6) is 0 Å². The zero-order valence-corrected chi connectivity index (χ0v) is 13.7. The molecule has 0 aromatic carbocycles. The summed E-state index contributed by atoms with van der Waals surface area (Å²) in [4.78, 5) is 16.2. The van der Waals surface area contributed by atoms with Gasteiger partial charge >= 0.3 is 0 Å². The number of nitrogens with one attached hydrogen (secondary N) is 1. The molecule has 1 amide bonds. The smallest absolute Gasteiger partial charge is 0.256 e. The van der Waals surface area contributed by atoms with Gasteiger partial charge in [0.1, 0.15) is 0 Å². The Hall–Kier alpha value is -1.63. The molecule has 114 valence electrons. The van der Waals surface area contributed by atoms with Crippen molar-refractivity contribution in [2.24, 2.45) is 0 Å². The van der Waals surface area contributed by atoms with Crippen LogP contribution in [0.3, 0.4) is 0 Å². The minimum atomic E-state index is 0.0235. The van der Waals surface area contributed by atoms with Gasteiger partial charge in [-0.15, -0.1) is 10.2 Å². The summed E-state index contributed by atoms with van der Waals surface area (Å²) in [6.07, 6.45) is 2.06. The van der Waals surface area contributed by atoms with E-state index in [0.29, 0.717) is 16.7 Å². The summed E-state index contributed by atoms with van der Waals surface area (Å²) in [5.41, 5.74) is 1.93. The van der Waals surface area contributed by atoms with E-state index in [1.807, 2.05) is 31.2 Å². The predicted molar refractivity (Wildman–Crippen MR) is 83.5 cm³/mol. The topological polar surface area (TPSA) is 72.2 Å². The van der Waals surface area contributed by atoms with Crippen molar-refractivity contribution in [2.45, 2.75) is 51.7 Å². The molecule has 0 saturated heterocycles. The molecule has 2 aromatic heterocycles. The van der Waals surface area contributed by atoms with Gasteiger partial charge in [-0.2, -0.15) is 0 Å². The Balaban J connectivity index is 2.02. The average Bonchev–Trinajstić information content (AvgIpc) is 2.79. The van der Waals surface area contributed by atoms with Crippen LogP contribution in [0.2, 0.25) is 0 Å². The van der Waals surface area contributed by atoms with Crippen molar-refractivity contribution in [1.82, 2.24) is 24.9 Å². The first-order chi connectivity index (χ1) is 10.0. The number of hydrogen-bond acceptors (Lipinski definition) is 5. The SMILES string of the molecule is CCCC(C)NC(=O)CSc1nnc2nc(C)cc(C)n12. The highest BCUT2D eigenvalue weighted by Gasteiger charge is 2.13. The molecule has 0 saturated carbocycles. The van der Waals surface area contributed by atoms with Gasteiger partial charge in [0.05, 0.1) is 5.75 Å². The maximum absolute atomic E-state index is 11.9. The molecular weight excluding hydrogens is 286 g/mol. The second kappa shape index (κ2) is 6.89. The summed E-state index contributed by atoms with van der Waals surface area (Å²) in [5, 5.41) is 11.9. The molecule has 2 aromatic rings. The molecule has 2 heterocycles. The number of carbonyl (C=O) groups excluding carboxylic acids is 1. The van der Waals surface area contributed by atoms with E-state index in [1.165, 1.54) is 11.8 Å². The Morgan fingerprint density at radius 1 is 1.43 bits per heavy atom. The second-order valence-electron chi connectivity index (χ2n) is 5.20. The van der Waals surface area contributed by atoms with Crippen LogP contribution < -0.4 is 5.32 Å². The highest BCUT2D eigenvalue weighted by atomic mass is 32.2. The second-order valence-corrected chi connectivity index (χ2v) is 6.15. The molecule has 0 fully saturated rings. The number of fused-ring (bicyclic) bond motifs is 1. The number of aromatic nitrogens is 4. The molecule has 0 spiro atoms. The van der Waals surface area contributed by atoms with Crippen molar-refractivity contribution in [3.05, 3.63) is 17.5 Å². The van der Waals surface area contributed by atoms with Crippen molar-refractivity contribution < 1.29 is 4.79 Å². The molecule has 1 unspecified atom stereocenters. The predicted octanol–water partition coefficient (Wildman–Crippen LogP) is 2.14. The van der Waals surface area contributed by atoms with Gasteiger partial charge in [0.25, 0.3) is 5.78 Å². The Labute approximate surface area is 128 Å². The zero-order valence-electron chi connectivity index (χ0n) is 12.9. The lowest BCUT2D eigenvalue weighted by molar-refractivity contribution is -0.119. The first kappa shape index (κ1) is 15.8. The fourth-order valence-corrected chi connectivity index (χ4v) is 3.04. The monoisotopic (exact) mass is 307 g/mol. The molecular formula is C14H21N5OS. The Kier molecular flexibility index (Phi) is 5.17. The molecule has 2 rings (SSSR count). The number of thioether (sulfide) groups is 1. The summed E-state index contributed by atoms with van der Waals surface area (Å²) in [6, 6.07) is 2.19. The van der Waals surface area contributed by atoms with Gasteiger partial charge in [0.15, 0.2) is 5.16 Å². The van der Waals surface area contributed by atoms with Crippen LogP contribution in [-0.4, -0.2) is 37.3 Å². The molecule has 0 aliphatic heterocycles. The quantitative estimate of drug-likeness (QED) is 0.828. The van der Waals surface area contributed by atoms with Crippen molar-refractivity contribution in [1.29, 1.82) is 0 Å².